The normalized spacial score (nSPS) is 10.4. The number of carbonyl (C=O) groups is 2. The standard InChI is InChI=1S/C19H19Cl2NO5/c1-11(2)27-15-8-7-12(9-16(15)25-3)19(24)26-10-17(23)22-14-6-4-5-13(20)18(14)21/h4-9,11H,10H2,1-3H3,(H,22,23). The summed E-state index contributed by atoms with van der Waals surface area (Å²) in [4.78, 5) is 24.2. The molecule has 0 saturated heterocycles. The Bertz CT molecular complexity index is 839. The Kier molecular flexibility index (Phi) is 7.33. The van der Waals surface area contributed by atoms with Crippen molar-refractivity contribution in [3.05, 3.63) is 52.0 Å². The first-order valence-corrected chi connectivity index (χ1v) is 8.83. The van der Waals surface area contributed by atoms with Crippen molar-refractivity contribution >= 4 is 40.8 Å². The van der Waals surface area contributed by atoms with Gasteiger partial charge in [0.2, 0.25) is 0 Å². The zero-order valence-corrected chi connectivity index (χ0v) is 16.6. The summed E-state index contributed by atoms with van der Waals surface area (Å²) in [6, 6.07) is 9.47. The molecule has 144 valence electrons. The van der Waals surface area contributed by atoms with E-state index in [1.807, 2.05) is 13.8 Å². The molecule has 27 heavy (non-hydrogen) atoms. The fourth-order valence-corrected chi connectivity index (χ4v) is 2.49. The van der Waals surface area contributed by atoms with E-state index in [1.54, 1.807) is 24.3 Å². The van der Waals surface area contributed by atoms with Crippen LogP contribution in [-0.2, 0) is 9.53 Å². The van der Waals surface area contributed by atoms with Crippen molar-refractivity contribution in [3.8, 4) is 11.5 Å². The molecule has 0 atom stereocenters. The predicted molar refractivity (Wildman–Crippen MR) is 104 cm³/mol. The number of halogens is 2. The lowest BCUT2D eigenvalue weighted by molar-refractivity contribution is -0.119. The maximum Gasteiger partial charge on any atom is 0.338 e. The van der Waals surface area contributed by atoms with Gasteiger partial charge in [0.15, 0.2) is 18.1 Å². The molecule has 0 unspecified atom stereocenters. The van der Waals surface area contributed by atoms with Crippen LogP contribution < -0.4 is 14.8 Å². The van der Waals surface area contributed by atoms with Crippen LogP contribution in [0.4, 0.5) is 5.69 Å². The first kappa shape index (κ1) is 20.9. The maximum atomic E-state index is 12.2. The molecule has 1 N–H and O–H groups in total. The lowest BCUT2D eigenvalue weighted by Gasteiger charge is -2.14. The summed E-state index contributed by atoms with van der Waals surface area (Å²) >= 11 is 11.9. The van der Waals surface area contributed by atoms with Gasteiger partial charge in [0.1, 0.15) is 0 Å². The summed E-state index contributed by atoms with van der Waals surface area (Å²) in [6.07, 6.45) is -0.0429. The Hall–Kier alpha value is -2.44. The summed E-state index contributed by atoms with van der Waals surface area (Å²) in [5, 5.41) is 3.05. The van der Waals surface area contributed by atoms with Gasteiger partial charge in [-0.15, -0.1) is 0 Å². The quantitative estimate of drug-likeness (QED) is 0.674. The average Bonchev–Trinajstić information content (AvgIpc) is 2.63. The van der Waals surface area contributed by atoms with Crippen molar-refractivity contribution in [3.63, 3.8) is 0 Å². The smallest absolute Gasteiger partial charge is 0.338 e. The topological polar surface area (TPSA) is 73.9 Å². The average molecular weight is 412 g/mol. The molecule has 6 nitrogen and oxygen atoms in total. The van der Waals surface area contributed by atoms with Gasteiger partial charge in [-0.3, -0.25) is 4.79 Å². The number of ether oxygens (including phenoxy) is 3. The third kappa shape index (κ3) is 5.77. The van der Waals surface area contributed by atoms with E-state index < -0.39 is 18.5 Å². The fourth-order valence-electron chi connectivity index (χ4n) is 2.15. The third-order valence-corrected chi connectivity index (χ3v) is 4.14. The summed E-state index contributed by atoms with van der Waals surface area (Å²) in [7, 11) is 1.47. The van der Waals surface area contributed by atoms with E-state index in [4.69, 9.17) is 37.4 Å². The molecule has 0 aromatic heterocycles. The molecule has 0 aliphatic rings. The minimum Gasteiger partial charge on any atom is -0.493 e. The van der Waals surface area contributed by atoms with Crippen LogP contribution in [0.25, 0.3) is 0 Å². The molecule has 0 fully saturated rings. The Balaban J connectivity index is 1.98. The molecule has 8 heteroatoms. The molecule has 0 spiro atoms. The molecule has 1 amide bonds. The number of methoxy groups -OCH3 is 1. The molecule has 2 aromatic rings. The fraction of sp³-hybridized carbons (Fsp3) is 0.263. The number of anilines is 1. The number of amides is 1. The number of hydrogen-bond donors (Lipinski definition) is 1. The molecule has 0 saturated carbocycles. The highest BCUT2D eigenvalue weighted by Gasteiger charge is 2.15. The number of nitrogens with one attached hydrogen (secondary N) is 1. The Morgan fingerprint density at radius 1 is 1.11 bits per heavy atom. The summed E-state index contributed by atoms with van der Waals surface area (Å²) in [5.41, 5.74) is 0.568. The van der Waals surface area contributed by atoms with Crippen molar-refractivity contribution in [2.75, 3.05) is 19.0 Å². The van der Waals surface area contributed by atoms with Crippen LogP contribution in [0.1, 0.15) is 24.2 Å². The molecular weight excluding hydrogens is 393 g/mol. The van der Waals surface area contributed by atoms with Gasteiger partial charge < -0.3 is 19.5 Å². The van der Waals surface area contributed by atoms with E-state index in [0.29, 0.717) is 22.2 Å². The molecular formula is C19H19Cl2NO5. The first-order chi connectivity index (χ1) is 12.8. The summed E-state index contributed by atoms with van der Waals surface area (Å²) < 4.78 is 15.8. The maximum absolute atomic E-state index is 12.2. The van der Waals surface area contributed by atoms with Gasteiger partial charge in [0.25, 0.3) is 5.91 Å². The summed E-state index contributed by atoms with van der Waals surface area (Å²) in [5.74, 6) is -0.304. The predicted octanol–water partition coefficient (Wildman–Crippen LogP) is 4.58. The van der Waals surface area contributed by atoms with E-state index in [1.165, 1.54) is 19.2 Å². The van der Waals surface area contributed by atoms with Crippen molar-refractivity contribution < 1.29 is 23.8 Å². The van der Waals surface area contributed by atoms with Gasteiger partial charge in [-0.2, -0.15) is 0 Å². The van der Waals surface area contributed by atoms with Crippen molar-refractivity contribution in [1.29, 1.82) is 0 Å². The highest BCUT2D eigenvalue weighted by atomic mass is 35.5. The van der Waals surface area contributed by atoms with E-state index in [-0.39, 0.29) is 16.7 Å². The highest BCUT2D eigenvalue weighted by Crippen LogP contribution is 2.30. The second kappa shape index (κ2) is 9.48. The molecule has 0 radical (unpaired) electrons. The van der Waals surface area contributed by atoms with Gasteiger partial charge in [-0.25, -0.2) is 4.79 Å². The van der Waals surface area contributed by atoms with Crippen LogP contribution in [0.3, 0.4) is 0 Å². The van der Waals surface area contributed by atoms with Crippen LogP contribution in [0.2, 0.25) is 10.0 Å². The van der Waals surface area contributed by atoms with E-state index in [0.717, 1.165) is 0 Å². The second-order valence-electron chi connectivity index (χ2n) is 5.76. The number of carbonyl (C=O) groups excluding carboxylic acids is 2. The first-order valence-electron chi connectivity index (χ1n) is 8.07. The molecule has 0 heterocycles. The minimum absolute atomic E-state index is 0.0429. The number of esters is 1. The Morgan fingerprint density at radius 2 is 1.85 bits per heavy atom. The second-order valence-corrected chi connectivity index (χ2v) is 6.54. The SMILES string of the molecule is COc1cc(C(=O)OCC(=O)Nc2cccc(Cl)c2Cl)ccc1OC(C)C. The monoisotopic (exact) mass is 411 g/mol. The van der Waals surface area contributed by atoms with Gasteiger partial charge in [-0.1, -0.05) is 29.3 Å². The van der Waals surface area contributed by atoms with E-state index in [9.17, 15) is 9.59 Å². The van der Waals surface area contributed by atoms with Crippen molar-refractivity contribution in [1.82, 2.24) is 0 Å². The molecule has 0 aliphatic carbocycles. The van der Waals surface area contributed by atoms with Gasteiger partial charge in [-0.05, 0) is 44.2 Å². The Labute approximate surface area is 167 Å². The molecule has 0 aliphatic heterocycles. The highest BCUT2D eigenvalue weighted by molar-refractivity contribution is 6.44. The van der Waals surface area contributed by atoms with Crippen molar-refractivity contribution in [2.45, 2.75) is 20.0 Å². The van der Waals surface area contributed by atoms with Crippen LogP contribution >= 0.6 is 23.2 Å². The van der Waals surface area contributed by atoms with Gasteiger partial charge in [0.05, 0.1) is 34.5 Å². The zero-order valence-electron chi connectivity index (χ0n) is 15.0. The van der Waals surface area contributed by atoms with E-state index >= 15 is 0 Å². The number of benzene rings is 2. The molecule has 0 bridgehead atoms. The van der Waals surface area contributed by atoms with E-state index in [2.05, 4.69) is 5.32 Å². The zero-order chi connectivity index (χ0) is 20.0. The molecule has 2 rings (SSSR count). The van der Waals surface area contributed by atoms with Crippen LogP contribution in [0.5, 0.6) is 11.5 Å². The van der Waals surface area contributed by atoms with Crippen LogP contribution in [0.15, 0.2) is 36.4 Å². The summed E-state index contributed by atoms with van der Waals surface area (Å²) in [6.45, 7) is 3.28. The minimum atomic E-state index is -0.670. The number of rotatable bonds is 7. The van der Waals surface area contributed by atoms with Crippen molar-refractivity contribution in [2.24, 2.45) is 0 Å². The van der Waals surface area contributed by atoms with Crippen LogP contribution in [-0.4, -0.2) is 31.7 Å². The lowest BCUT2D eigenvalue weighted by Crippen LogP contribution is -2.21. The third-order valence-electron chi connectivity index (χ3n) is 3.32. The van der Waals surface area contributed by atoms with Gasteiger partial charge >= 0.3 is 5.97 Å². The molecule has 2 aromatic carbocycles. The lowest BCUT2D eigenvalue weighted by atomic mass is 10.2. The largest absolute Gasteiger partial charge is 0.493 e. The number of hydrogen-bond acceptors (Lipinski definition) is 5. The van der Waals surface area contributed by atoms with Crippen LogP contribution in [0, 0.1) is 0 Å². The van der Waals surface area contributed by atoms with Gasteiger partial charge in [0, 0.05) is 0 Å². The Morgan fingerprint density at radius 3 is 2.52 bits per heavy atom.